The first-order chi connectivity index (χ1) is 11.8. The van der Waals surface area contributed by atoms with Crippen LogP contribution >= 0.6 is 0 Å². The molecular formula is C19H24N4O. The number of nitrogens with one attached hydrogen (secondary N) is 1. The van der Waals surface area contributed by atoms with Crippen LogP contribution < -0.4 is 10.2 Å². The minimum Gasteiger partial charge on any atom is -0.356 e. The Labute approximate surface area is 142 Å². The zero-order valence-corrected chi connectivity index (χ0v) is 14.0. The Morgan fingerprint density at radius 2 is 1.92 bits per heavy atom. The number of fused-ring (bicyclic) bond motifs is 1. The van der Waals surface area contributed by atoms with Crippen molar-refractivity contribution in [2.24, 2.45) is 5.92 Å². The SMILES string of the molecule is O=C(CC1CCCC1)Nc1ccc2ncnc(N3CCCC3)c2c1. The van der Waals surface area contributed by atoms with Crippen LogP contribution in [0.2, 0.25) is 0 Å². The molecule has 126 valence electrons. The van der Waals surface area contributed by atoms with E-state index in [9.17, 15) is 4.79 Å². The maximum atomic E-state index is 12.3. The lowest BCUT2D eigenvalue weighted by atomic mass is 10.0. The third-order valence-corrected chi connectivity index (χ3v) is 5.25. The van der Waals surface area contributed by atoms with Crippen molar-refractivity contribution in [1.29, 1.82) is 0 Å². The summed E-state index contributed by atoms with van der Waals surface area (Å²) in [6, 6.07) is 5.94. The first kappa shape index (κ1) is 15.4. The van der Waals surface area contributed by atoms with E-state index in [1.807, 2.05) is 18.2 Å². The van der Waals surface area contributed by atoms with Crippen LogP contribution in [0.15, 0.2) is 24.5 Å². The molecule has 0 bridgehead atoms. The van der Waals surface area contributed by atoms with E-state index in [0.29, 0.717) is 12.3 Å². The molecule has 0 radical (unpaired) electrons. The van der Waals surface area contributed by atoms with Gasteiger partial charge in [-0.3, -0.25) is 4.79 Å². The van der Waals surface area contributed by atoms with Gasteiger partial charge in [-0.1, -0.05) is 12.8 Å². The van der Waals surface area contributed by atoms with Crippen LogP contribution in [0.4, 0.5) is 11.5 Å². The molecule has 1 aliphatic heterocycles. The van der Waals surface area contributed by atoms with Gasteiger partial charge in [0, 0.05) is 30.6 Å². The first-order valence-electron chi connectivity index (χ1n) is 9.09. The van der Waals surface area contributed by atoms with Gasteiger partial charge < -0.3 is 10.2 Å². The molecule has 2 aliphatic rings. The van der Waals surface area contributed by atoms with E-state index in [0.717, 1.165) is 35.5 Å². The minimum absolute atomic E-state index is 0.126. The lowest BCUT2D eigenvalue weighted by Gasteiger charge is -2.18. The smallest absolute Gasteiger partial charge is 0.224 e. The topological polar surface area (TPSA) is 58.1 Å². The predicted octanol–water partition coefficient (Wildman–Crippen LogP) is 3.75. The van der Waals surface area contributed by atoms with Crippen LogP contribution in [0.25, 0.3) is 10.9 Å². The first-order valence-corrected chi connectivity index (χ1v) is 9.09. The molecule has 5 heteroatoms. The molecular weight excluding hydrogens is 300 g/mol. The van der Waals surface area contributed by atoms with Crippen LogP contribution in [-0.4, -0.2) is 29.0 Å². The number of amides is 1. The number of rotatable bonds is 4. The van der Waals surface area contributed by atoms with Gasteiger partial charge in [0.25, 0.3) is 0 Å². The molecule has 2 fully saturated rings. The molecule has 0 atom stereocenters. The van der Waals surface area contributed by atoms with Gasteiger partial charge in [0.2, 0.25) is 5.91 Å². The van der Waals surface area contributed by atoms with Crippen LogP contribution in [0.1, 0.15) is 44.9 Å². The van der Waals surface area contributed by atoms with Gasteiger partial charge in [-0.25, -0.2) is 9.97 Å². The van der Waals surface area contributed by atoms with Gasteiger partial charge in [-0.05, 0) is 49.8 Å². The number of hydrogen-bond donors (Lipinski definition) is 1. The summed E-state index contributed by atoms with van der Waals surface area (Å²) in [5.41, 5.74) is 1.78. The number of anilines is 2. The summed E-state index contributed by atoms with van der Waals surface area (Å²) in [5, 5.41) is 4.09. The predicted molar refractivity (Wildman–Crippen MR) is 96.2 cm³/mol. The number of hydrogen-bond acceptors (Lipinski definition) is 4. The molecule has 1 N–H and O–H groups in total. The van der Waals surface area contributed by atoms with E-state index in [1.54, 1.807) is 6.33 Å². The number of nitrogens with zero attached hydrogens (tertiary/aromatic N) is 3. The van der Waals surface area contributed by atoms with Crippen molar-refractivity contribution in [3.63, 3.8) is 0 Å². The highest BCUT2D eigenvalue weighted by atomic mass is 16.1. The van der Waals surface area contributed by atoms with Crippen molar-refractivity contribution in [1.82, 2.24) is 9.97 Å². The summed E-state index contributed by atoms with van der Waals surface area (Å²) in [4.78, 5) is 23.5. The Bertz CT molecular complexity index is 733. The van der Waals surface area contributed by atoms with Gasteiger partial charge in [0.05, 0.1) is 5.52 Å². The van der Waals surface area contributed by atoms with Gasteiger partial charge in [0.1, 0.15) is 12.1 Å². The number of carbonyl (C=O) groups excluding carboxylic acids is 1. The lowest BCUT2D eigenvalue weighted by molar-refractivity contribution is -0.117. The zero-order valence-electron chi connectivity index (χ0n) is 14.0. The van der Waals surface area contributed by atoms with Gasteiger partial charge in [0.15, 0.2) is 0 Å². The Hall–Kier alpha value is -2.17. The maximum Gasteiger partial charge on any atom is 0.224 e. The average Bonchev–Trinajstić information content (AvgIpc) is 3.27. The second-order valence-electron chi connectivity index (χ2n) is 7.03. The molecule has 4 rings (SSSR count). The van der Waals surface area contributed by atoms with E-state index in [-0.39, 0.29) is 5.91 Å². The molecule has 1 saturated carbocycles. The fourth-order valence-corrected chi connectivity index (χ4v) is 3.99. The molecule has 24 heavy (non-hydrogen) atoms. The zero-order chi connectivity index (χ0) is 16.4. The highest BCUT2D eigenvalue weighted by Gasteiger charge is 2.19. The second kappa shape index (κ2) is 6.75. The average molecular weight is 324 g/mol. The van der Waals surface area contributed by atoms with Crippen molar-refractivity contribution < 1.29 is 4.79 Å². The van der Waals surface area contributed by atoms with Crippen LogP contribution in [0, 0.1) is 5.92 Å². The molecule has 1 saturated heterocycles. The number of aromatic nitrogens is 2. The summed E-state index contributed by atoms with van der Waals surface area (Å²) in [5.74, 6) is 1.68. The van der Waals surface area contributed by atoms with Crippen LogP contribution in [-0.2, 0) is 4.79 Å². The molecule has 1 aromatic carbocycles. The monoisotopic (exact) mass is 324 g/mol. The fraction of sp³-hybridized carbons (Fsp3) is 0.526. The Morgan fingerprint density at radius 1 is 1.12 bits per heavy atom. The molecule has 0 unspecified atom stereocenters. The molecule has 0 spiro atoms. The van der Waals surface area contributed by atoms with E-state index < -0.39 is 0 Å². The van der Waals surface area contributed by atoms with Crippen molar-refractivity contribution in [2.75, 3.05) is 23.3 Å². The van der Waals surface area contributed by atoms with Gasteiger partial charge in [-0.2, -0.15) is 0 Å². The third kappa shape index (κ3) is 3.21. The van der Waals surface area contributed by atoms with Gasteiger partial charge in [-0.15, -0.1) is 0 Å². The van der Waals surface area contributed by atoms with Crippen molar-refractivity contribution in [2.45, 2.75) is 44.9 Å². The molecule has 2 aromatic rings. The highest BCUT2D eigenvalue weighted by Crippen LogP contribution is 2.30. The molecule has 1 aliphatic carbocycles. The van der Waals surface area contributed by atoms with Crippen molar-refractivity contribution >= 4 is 28.3 Å². The fourth-order valence-electron chi connectivity index (χ4n) is 3.99. The van der Waals surface area contributed by atoms with E-state index in [2.05, 4.69) is 20.2 Å². The lowest BCUT2D eigenvalue weighted by Crippen LogP contribution is -2.19. The summed E-state index contributed by atoms with van der Waals surface area (Å²) in [6.07, 6.45) is 9.62. The van der Waals surface area contributed by atoms with Crippen molar-refractivity contribution in [3.05, 3.63) is 24.5 Å². The summed E-state index contributed by atoms with van der Waals surface area (Å²) in [7, 11) is 0. The largest absolute Gasteiger partial charge is 0.356 e. The highest BCUT2D eigenvalue weighted by molar-refractivity contribution is 5.96. The van der Waals surface area contributed by atoms with E-state index in [1.165, 1.54) is 38.5 Å². The van der Waals surface area contributed by atoms with E-state index >= 15 is 0 Å². The van der Waals surface area contributed by atoms with Crippen LogP contribution in [0.3, 0.4) is 0 Å². The quantitative estimate of drug-likeness (QED) is 0.930. The standard InChI is InChI=1S/C19H24N4O/c24-18(11-14-5-1-2-6-14)22-15-7-8-17-16(12-15)19(21-13-20-17)23-9-3-4-10-23/h7-8,12-14H,1-6,9-11H2,(H,22,24). The third-order valence-electron chi connectivity index (χ3n) is 5.25. The Morgan fingerprint density at radius 3 is 2.71 bits per heavy atom. The van der Waals surface area contributed by atoms with Crippen LogP contribution in [0.5, 0.6) is 0 Å². The molecule has 1 aromatic heterocycles. The Kier molecular flexibility index (Phi) is 4.32. The normalized spacial score (nSPS) is 18.4. The number of benzene rings is 1. The maximum absolute atomic E-state index is 12.3. The number of carbonyl (C=O) groups is 1. The summed E-state index contributed by atoms with van der Waals surface area (Å²) in [6.45, 7) is 2.09. The molecule has 2 heterocycles. The summed E-state index contributed by atoms with van der Waals surface area (Å²) < 4.78 is 0. The minimum atomic E-state index is 0.126. The van der Waals surface area contributed by atoms with Gasteiger partial charge >= 0.3 is 0 Å². The Balaban J connectivity index is 1.55. The second-order valence-corrected chi connectivity index (χ2v) is 7.03. The molecule has 1 amide bonds. The summed E-state index contributed by atoms with van der Waals surface area (Å²) >= 11 is 0. The van der Waals surface area contributed by atoms with E-state index in [4.69, 9.17) is 0 Å². The van der Waals surface area contributed by atoms with Crippen molar-refractivity contribution in [3.8, 4) is 0 Å². The molecule has 5 nitrogen and oxygen atoms in total.